The van der Waals surface area contributed by atoms with E-state index in [9.17, 15) is 28.0 Å². The van der Waals surface area contributed by atoms with E-state index in [-0.39, 0.29) is 11.3 Å². The van der Waals surface area contributed by atoms with E-state index in [0.717, 1.165) is 28.2 Å². The summed E-state index contributed by atoms with van der Waals surface area (Å²) < 4.78 is 45.5. The van der Waals surface area contributed by atoms with Gasteiger partial charge in [0.1, 0.15) is 18.4 Å². The van der Waals surface area contributed by atoms with E-state index in [1.54, 1.807) is 18.2 Å². The van der Waals surface area contributed by atoms with E-state index in [1.807, 2.05) is 13.8 Å². The van der Waals surface area contributed by atoms with Crippen molar-refractivity contribution in [3.8, 4) is 0 Å². The highest BCUT2D eigenvalue weighted by molar-refractivity contribution is 6.49. The van der Waals surface area contributed by atoms with Crippen molar-refractivity contribution in [1.82, 2.24) is 10.2 Å². The van der Waals surface area contributed by atoms with E-state index in [1.165, 1.54) is 12.1 Å². The number of hydrogen-bond acceptors (Lipinski definition) is 9. The van der Waals surface area contributed by atoms with Gasteiger partial charge in [0, 0.05) is 26.2 Å². The van der Waals surface area contributed by atoms with E-state index in [0.29, 0.717) is 59.3 Å². The predicted octanol–water partition coefficient (Wildman–Crippen LogP) is 0.895. The van der Waals surface area contributed by atoms with Crippen molar-refractivity contribution < 1.29 is 32.6 Å². The zero-order valence-electron chi connectivity index (χ0n) is 23.9. The second-order valence-corrected chi connectivity index (χ2v) is 10.9. The summed E-state index contributed by atoms with van der Waals surface area (Å²) in [6, 6.07) is 5.57. The number of halogens is 3. The van der Waals surface area contributed by atoms with Crippen LogP contribution in [-0.2, 0) is 26.0 Å². The first kappa shape index (κ1) is 33.5. The Balaban J connectivity index is 1.84. The van der Waals surface area contributed by atoms with Crippen LogP contribution in [0.2, 0.25) is 0 Å². The van der Waals surface area contributed by atoms with Crippen LogP contribution in [0.25, 0.3) is 0 Å². The van der Waals surface area contributed by atoms with E-state index in [4.69, 9.17) is 21.9 Å². The van der Waals surface area contributed by atoms with Gasteiger partial charge in [-0.15, -0.1) is 0 Å². The van der Waals surface area contributed by atoms with Gasteiger partial charge >= 0.3 is 13.7 Å². The summed E-state index contributed by atoms with van der Waals surface area (Å²) >= 11 is 0. The average molecular weight is 592 g/mol. The minimum atomic E-state index is -4.57. The number of aldehydes is 1. The number of benzene rings is 2. The van der Waals surface area contributed by atoms with Crippen molar-refractivity contribution in [2.45, 2.75) is 56.6 Å². The zero-order valence-corrected chi connectivity index (χ0v) is 23.9. The number of hydrogen-bond donors (Lipinski definition) is 5. The van der Waals surface area contributed by atoms with Crippen LogP contribution in [0.15, 0.2) is 42.5 Å². The van der Waals surface area contributed by atoms with Crippen LogP contribution >= 0.6 is 0 Å². The van der Waals surface area contributed by atoms with Gasteiger partial charge in [0.05, 0.1) is 22.9 Å². The Labute approximate surface area is 244 Å². The molecule has 0 aromatic heterocycles. The van der Waals surface area contributed by atoms with Gasteiger partial charge in [-0.05, 0) is 74.1 Å². The van der Waals surface area contributed by atoms with Crippen LogP contribution in [0.1, 0.15) is 49.4 Å². The minimum absolute atomic E-state index is 0.174. The van der Waals surface area contributed by atoms with Crippen LogP contribution in [0.5, 0.6) is 0 Å². The quantitative estimate of drug-likeness (QED) is 0.115. The number of carbonyl (C=O) groups excluding carboxylic acids is 2. The maximum Gasteiger partial charge on any atom is 0.416 e. The van der Waals surface area contributed by atoms with Crippen molar-refractivity contribution in [1.29, 1.82) is 0 Å². The molecule has 0 spiro atoms. The molecule has 2 aromatic carbocycles. The second kappa shape index (κ2) is 14.4. The molecular weight excluding hydrogens is 552 g/mol. The van der Waals surface area contributed by atoms with Gasteiger partial charge in [0.2, 0.25) is 5.91 Å². The average Bonchev–Trinajstić information content (AvgIpc) is 3.25. The Morgan fingerprint density at radius 2 is 1.76 bits per heavy atom. The topological polar surface area (TPSA) is 160 Å². The van der Waals surface area contributed by atoms with Crippen molar-refractivity contribution >= 4 is 30.8 Å². The fourth-order valence-corrected chi connectivity index (χ4v) is 5.12. The zero-order chi connectivity index (χ0) is 31.1. The van der Waals surface area contributed by atoms with Crippen molar-refractivity contribution in [2.75, 3.05) is 37.8 Å². The summed E-state index contributed by atoms with van der Waals surface area (Å²) in [7, 11) is 0.297. The van der Waals surface area contributed by atoms with Gasteiger partial charge < -0.3 is 36.9 Å². The summed E-state index contributed by atoms with van der Waals surface area (Å²) in [5.41, 5.74) is 18.1. The van der Waals surface area contributed by atoms with E-state index < -0.39 is 41.4 Å². The lowest BCUT2D eigenvalue weighted by molar-refractivity contribution is -0.137. The first-order chi connectivity index (χ1) is 19.8. The molecule has 0 aliphatic carbocycles. The molecule has 0 radical (unpaired) electrons. The molecule has 0 saturated carbocycles. The fourth-order valence-electron chi connectivity index (χ4n) is 5.12. The molecule has 1 amide bonds. The molecule has 14 heteroatoms. The number of alkyl halides is 3. The number of carbonyl (C=O) groups is 2. The summed E-state index contributed by atoms with van der Waals surface area (Å²) in [5, 5.41) is 14.7. The van der Waals surface area contributed by atoms with Crippen LogP contribution in [-0.4, -0.2) is 74.6 Å². The number of rotatable bonds is 15. The molecule has 0 bridgehead atoms. The molecule has 1 unspecified atom stereocenters. The predicted molar refractivity (Wildman–Crippen MR) is 156 cm³/mol. The maximum atomic E-state index is 13.2. The number of nitrogens with two attached hydrogens (primary N) is 3. The molecule has 0 saturated heterocycles. The van der Waals surface area contributed by atoms with Gasteiger partial charge in [-0.25, -0.2) is 5.06 Å². The third kappa shape index (κ3) is 8.30. The van der Waals surface area contributed by atoms with Gasteiger partial charge in [0.25, 0.3) is 0 Å². The SMILES string of the molecule is CC1(C)OBc2cc(N(O)[C@@H](c3ccc(C(F)(F)F)cc3)C(C=O)NC(=O)[C@@H](N)CCCN(CCN)CCN)ccc21. The molecular formula is C28H40BF3N6O4. The van der Waals surface area contributed by atoms with Crippen LogP contribution in [0.4, 0.5) is 18.9 Å². The molecule has 2 aromatic rings. The Hall–Kier alpha value is -3.01. The smallest absolute Gasteiger partial charge is 0.416 e. The molecule has 3 rings (SSSR count). The summed E-state index contributed by atoms with van der Waals surface area (Å²) in [6.45, 7) is 6.68. The number of nitrogens with zero attached hydrogens (tertiary/aromatic N) is 2. The van der Waals surface area contributed by atoms with Crippen LogP contribution in [0.3, 0.4) is 0 Å². The molecule has 0 fully saturated rings. The van der Waals surface area contributed by atoms with Crippen molar-refractivity contribution in [2.24, 2.45) is 17.2 Å². The van der Waals surface area contributed by atoms with Gasteiger partial charge in [-0.3, -0.25) is 10.0 Å². The van der Waals surface area contributed by atoms with E-state index in [2.05, 4.69) is 10.2 Å². The van der Waals surface area contributed by atoms with Crippen molar-refractivity contribution in [3.63, 3.8) is 0 Å². The molecule has 10 nitrogen and oxygen atoms in total. The standard InChI is InChI=1S/C28H40BF3N6O4/c1-27(2)21-10-9-20(16-22(21)29-42-27)38(41)25(18-5-7-19(8-6-18)28(30,31)32)24(17-39)36-26(40)23(35)4-3-13-37(14-11-33)15-12-34/h5-10,16-17,23-25,29,41H,3-4,11-15,33-35H2,1-2H3,(H,36,40)/t23-,24?,25-/m0/s1. The third-order valence-electron chi connectivity index (χ3n) is 7.45. The number of hydroxylamine groups is 1. The highest BCUT2D eigenvalue weighted by Crippen LogP contribution is 2.34. The highest BCUT2D eigenvalue weighted by atomic mass is 19.4. The molecule has 1 aliphatic heterocycles. The lowest BCUT2D eigenvalue weighted by atomic mass is 9.84. The van der Waals surface area contributed by atoms with Crippen LogP contribution in [0, 0.1) is 0 Å². The fraction of sp³-hybridized carbons (Fsp3) is 0.500. The van der Waals surface area contributed by atoms with Gasteiger partial charge in [-0.2, -0.15) is 13.2 Å². The first-order valence-electron chi connectivity index (χ1n) is 13.9. The third-order valence-corrected chi connectivity index (χ3v) is 7.45. The summed E-state index contributed by atoms with van der Waals surface area (Å²) in [6.07, 6.45) is -3.27. The Morgan fingerprint density at radius 1 is 1.12 bits per heavy atom. The molecule has 230 valence electrons. The number of amides is 1. The number of anilines is 1. The Morgan fingerprint density at radius 3 is 2.33 bits per heavy atom. The first-order valence-corrected chi connectivity index (χ1v) is 13.9. The lowest BCUT2D eigenvalue weighted by Crippen LogP contribution is -2.51. The van der Waals surface area contributed by atoms with E-state index >= 15 is 0 Å². The molecule has 8 N–H and O–H groups in total. The maximum absolute atomic E-state index is 13.2. The summed E-state index contributed by atoms with van der Waals surface area (Å²) in [4.78, 5) is 27.4. The monoisotopic (exact) mass is 592 g/mol. The van der Waals surface area contributed by atoms with Crippen molar-refractivity contribution in [3.05, 3.63) is 59.2 Å². The molecule has 3 atom stereocenters. The lowest BCUT2D eigenvalue weighted by Gasteiger charge is -2.33. The summed E-state index contributed by atoms with van der Waals surface area (Å²) in [5.74, 6) is -0.634. The molecule has 1 aliphatic rings. The van der Waals surface area contributed by atoms with Gasteiger partial charge in [0.15, 0.2) is 0 Å². The Kier molecular flexibility index (Phi) is 11.5. The number of fused-ring (bicyclic) bond motifs is 1. The second-order valence-electron chi connectivity index (χ2n) is 10.9. The number of nitrogens with one attached hydrogen (secondary N) is 1. The molecule has 42 heavy (non-hydrogen) atoms. The van der Waals surface area contributed by atoms with Gasteiger partial charge in [-0.1, -0.05) is 18.2 Å². The van der Waals surface area contributed by atoms with Crippen LogP contribution < -0.4 is 33.0 Å². The largest absolute Gasteiger partial charge is 0.426 e. The highest BCUT2D eigenvalue weighted by Gasteiger charge is 2.36. The minimum Gasteiger partial charge on any atom is -0.426 e. The Bertz CT molecular complexity index is 1200. The normalized spacial score (nSPS) is 16.3. The molecule has 1 heterocycles.